The number of anilines is 1. The first kappa shape index (κ1) is 17.5. The van der Waals surface area contributed by atoms with Gasteiger partial charge in [0, 0.05) is 19.6 Å². The summed E-state index contributed by atoms with van der Waals surface area (Å²) in [5, 5.41) is 10.3. The molecule has 3 rings (SSSR count). The molecule has 1 atom stereocenters. The maximum Gasteiger partial charge on any atom is 0.241 e. The molecule has 1 aliphatic heterocycles. The summed E-state index contributed by atoms with van der Waals surface area (Å²) in [6.07, 6.45) is 0.120. The number of carbonyl (C=O) groups excluding carboxylic acids is 1. The molecule has 5 heteroatoms. The molecule has 0 saturated carbocycles. The van der Waals surface area contributed by atoms with Crippen LogP contribution in [0.4, 0.5) is 5.69 Å². The first-order chi connectivity index (χ1) is 12.2. The summed E-state index contributed by atoms with van der Waals surface area (Å²) in [6, 6.07) is 17.2. The number of methoxy groups -OCH3 is 1. The van der Waals surface area contributed by atoms with Crippen molar-refractivity contribution in [1.82, 2.24) is 4.90 Å². The third-order valence-corrected chi connectivity index (χ3v) is 4.58. The summed E-state index contributed by atoms with van der Waals surface area (Å²) in [4.78, 5) is 16.4. The number of amides is 1. The lowest BCUT2D eigenvalue weighted by Crippen LogP contribution is -2.50. The van der Waals surface area contributed by atoms with Crippen LogP contribution in [0.1, 0.15) is 18.1 Å². The second kappa shape index (κ2) is 8.14. The van der Waals surface area contributed by atoms with Crippen molar-refractivity contribution in [2.24, 2.45) is 0 Å². The van der Waals surface area contributed by atoms with Crippen molar-refractivity contribution in [1.29, 1.82) is 0 Å². The highest BCUT2D eigenvalue weighted by Gasteiger charge is 2.27. The first-order valence-corrected chi connectivity index (χ1v) is 8.58. The minimum atomic E-state index is -0.497. The van der Waals surface area contributed by atoms with Crippen LogP contribution in [0.15, 0.2) is 54.6 Å². The van der Waals surface area contributed by atoms with E-state index in [0.717, 1.165) is 17.8 Å². The largest absolute Gasteiger partial charge is 0.495 e. The van der Waals surface area contributed by atoms with E-state index < -0.39 is 6.10 Å². The van der Waals surface area contributed by atoms with E-state index in [2.05, 4.69) is 4.90 Å². The van der Waals surface area contributed by atoms with Crippen LogP contribution in [-0.2, 0) is 4.79 Å². The fourth-order valence-electron chi connectivity index (χ4n) is 3.17. The molecule has 1 aliphatic rings. The fraction of sp³-hybridized carbons (Fsp3) is 0.350. The zero-order valence-electron chi connectivity index (χ0n) is 14.5. The van der Waals surface area contributed by atoms with Crippen molar-refractivity contribution >= 4 is 11.6 Å². The van der Waals surface area contributed by atoms with E-state index in [1.807, 2.05) is 54.6 Å². The first-order valence-electron chi connectivity index (χ1n) is 8.58. The predicted octanol–water partition coefficient (Wildman–Crippen LogP) is 2.47. The third-order valence-electron chi connectivity index (χ3n) is 4.58. The normalized spacial score (nSPS) is 16.7. The molecule has 0 radical (unpaired) electrons. The van der Waals surface area contributed by atoms with Crippen molar-refractivity contribution in [2.75, 3.05) is 38.2 Å². The van der Waals surface area contributed by atoms with Gasteiger partial charge in [-0.3, -0.25) is 9.69 Å². The number of aliphatic hydroxyl groups excluding tert-OH is 1. The highest BCUT2D eigenvalue weighted by molar-refractivity contribution is 5.96. The van der Waals surface area contributed by atoms with Crippen molar-refractivity contribution in [3.63, 3.8) is 0 Å². The molecule has 1 heterocycles. The monoisotopic (exact) mass is 340 g/mol. The number of carbonyl (C=O) groups is 1. The molecule has 0 bridgehead atoms. The van der Waals surface area contributed by atoms with E-state index in [1.165, 1.54) is 0 Å². The smallest absolute Gasteiger partial charge is 0.241 e. The van der Waals surface area contributed by atoms with Crippen molar-refractivity contribution in [2.45, 2.75) is 12.5 Å². The molecule has 2 aromatic carbocycles. The van der Waals surface area contributed by atoms with Gasteiger partial charge >= 0.3 is 0 Å². The summed E-state index contributed by atoms with van der Waals surface area (Å²) < 4.78 is 5.36. The van der Waals surface area contributed by atoms with Crippen LogP contribution in [0.5, 0.6) is 5.75 Å². The predicted molar refractivity (Wildman–Crippen MR) is 97.8 cm³/mol. The summed E-state index contributed by atoms with van der Waals surface area (Å²) >= 11 is 0. The molecule has 0 aromatic heterocycles. The standard InChI is InChI=1S/C20H24N2O3/c1-25-19-10-6-5-9-17(19)22-14-13-21(15-20(22)24)12-11-18(23)16-7-3-2-4-8-16/h2-10,18,23H,11-15H2,1H3/t18-/m0/s1. The molecule has 1 N–H and O–H groups in total. The quantitative estimate of drug-likeness (QED) is 0.878. The Kier molecular flexibility index (Phi) is 5.68. The van der Waals surface area contributed by atoms with E-state index in [4.69, 9.17) is 4.74 Å². The lowest BCUT2D eigenvalue weighted by Gasteiger charge is -2.35. The number of hydrogen-bond donors (Lipinski definition) is 1. The zero-order chi connectivity index (χ0) is 17.6. The van der Waals surface area contributed by atoms with Gasteiger partial charge in [0.2, 0.25) is 5.91 Å². The summed E-state index contributed by atoms with van der Waals surface area (Å²) in [5.74, 6) is 0.772. The SMILES string of the molecule is COc1ccccc1N1CCN(CC[C@H](O)c2ccccc2)CC1=O. The van der Waals surface area contributed by atoms with Gasteiger partial charge < -0.3 is 14.7 Å². The number of hydrogen-bond acceptors (Lipinski definition) is 4. The van der Waals surface area contributed by atoms with Crippen molar-refractivity contribution in [3.8, 4) is 5.75 Å². The lowest BCUT2D eigenvalue weighted by atomic mass is 10.1. The topological polar surface area (TPSA) is 53.0 Å². The minimum Gasteiger partial charge on any atom is -0.495 e. The molecule has 0 unspecified atom stereocenters. The Morgan fingerprint density at radius 2 is 1.80 bits per heavy atom. The van der Waals surface area contributed by atoms with E-state index >= 15 is 0 Å². The number of para-hydroxylation sites is 2. The van der Waals surface area contributed by atoms with Gasteiger partial charge in [0.1, 0.15) is 5.75 Å². The van der Waals surface area contributed by atoms with Crippen LogP contribution in [0.3, 0.4) is 0 Å². The molecule has 1 saturated heterocycles. The van der Waals surface area contributed by atoms with Gasteiger partial charge in [-0.25, -0.2) is 0 Å². The Morgan fingerprint density at radius 3 is 2.52 bits per heavy atom. The maximum absolute atomic E-state index is 12.6. The molecule has 132 valence electrons. The zero-order valence-corrected chi connectivity index (χ0v) is 14.5. The van der Waals surface area contributed by atoms with Gasteiger partial charge in [0.15, 0.2) is 0 Å². The molecular weight excluding hydrogens is 316 g/mol. The second-order valence-electron chi connectivity index (χ2n) is 6.21. The Labute approximate surface area is 148 Å². The molecule has 1 fully saturated rings. The summed E-state index contributed by atoms with van der Waals surface area (Å²) in [7, 11) is 1.62. The van der Waals surface area contributed by atoms with Gasteiger partial charge in [-0.05, 0) is 24.1 Å². The van der Waals surface area contributed by atoms with E-state index in [9.17, 15) is 9.90 Å². The maximum atomic E-state index is 12.6. The van der Waals surface area contributed by atoms with Crippen molar-refractivity contribution in [3.05, 3.63) is 60.2 Å². The van der Waals surface area contributed by atoms with Gasteiger partial charge in [-0.1, -0.05) is 42.5 Å². The molecular formula is C20H24N2O3. The molecule has 0 aliphatic carbocycles. The Hall–Kier alpha value is -2.37. The number of nitrogens with zero attached hydrogens (tertiary/aromatic N) is 2. The van der Waals surface area contributed by atoms with Crippen LogP contribution in [0.25, 0.3) is 0 Å². The average Bonchev–Trinajstić information content (AvgIpc) is 2.67. The van der Waals surface area contributed by atoms with Gasteiger partial charge in [-0.15, -0.1) is 0 Å². The molecule has 5 nitrogen and oxygen atoms in total. The highest BCUT2D eigenvalue weighted by Crippen LogP contribution is 2.29. The van der Waals surface area contributed by atoms with Crippen LogP contribution in [0.2, 0.25) is 0 Å². The van der Waals surface area contributed by atoms with E-state index in [0.29, 0.717) is 31.8 Å². The second-order valence-corrected chi connectivity index (χ2v) is 6.21. The van der Waals surface area contributed by atoms with Gasteiger partial charge in [0.25, 0.3) is 0 Å². The van der Waals surface area contributed by atoms with Crippen LogP contribution in [-0.4, -0.2) is 49.2 Å². The average molecular weight is 340 g/mol. The van der Waals surface area contributed by atoms with Crippen molar-refractivity contribution < 1.29 is 14.6 Å². The number of ether oxygens (including phenoxy) is 1. The third kappa shape index (κ3) is 4.18. The fourth-order valence-corrected chi connectivity index (χ4v) is 3.17. The highest BCUT2D eigenvalue weighted by atomic mass is 16.5. The Balaban J connectivity index is 1.56. The van der Waals surface area contributed by atoms with Gasteiger partial charge in [0.05, 0.1) is 25.4 Å². The lowest BCUT2D eigenvalue weighted by molar-refractivity contribution is -0.121. The van der Waals surface area contributed by atoms with Crippen LogP contribution >= 0.6 is 0 Å². The van der Waals surface area contributed by atoms with Gasteiger partial charge in [-0.2, -0.15) is 0 Å². The molecule has 2 aromatic rings. The number of benzene rings is 2. The van der Waals surface area contributed by atoms with E-state index in [-0.39, 0.29) is 5.91 Å². The minimum absolute atomic E-state index is 0.0601. The summed E-state index contributed by atoms with van der Waals surface area (Å²) in [6.45, 7) is 2.47. The Morgan fingerprint density at radius 1 is 1.08 bits per heavy atom. The van der Waals surface area contributed by atoms with Crippen LogP contribution < -0.4 is 9.64 Å². The number of piperazine rings is 1. The van der Waals surface area contributed by atoms with Crippen LogP contribution in [0, 0.1) is 0 Å². The molecule has 25 heavy (non-hydrogen) atoms. The van der Waals surface area contributed by atoms with E-state index in [1.54, 1.807) is 12.0 Å². The Bertz CT molecular complexity index is 705. The number of aliphatic hydroxyl groups is 1. The summed E-state index contributed by atoms with van der Waals surface area (Å²) in [5.41, 5.74) is 1.74. The number of rotatable bonds is 6. The molecule has 1 amide bonds. The molecule has 0 spiro atoms.